The summed E-state index contributed by atoms with van der Waals surface area (Å²) in [5.41, 5.74) is 2.44. The number of fused-ring (bicyclic) bond motifs is 1. The van der Waals surface area contributed by atoms with Crippen LogP contribution in [0.25, 0.3) is 16.5 Å². The van der Waals surface area contributed by atoms with Gasteiger partial charge in [-0.15, -0.1) is 5.10 Å². The van der Waals surface area contributed by atoms with Crippen molar-refractivity contribution in [2.45, 2.75) is 25.0 Å². The Bertz CT molecular complexity index is 1290. The molecule has 1 amide bonds. The number of hydrogen-bond donors (Lipinski definition) is 3. The molecule has 11 nitrogen and oxygen atoms in total. The van der Waals surface area contributed by atoms with Gasteiger partial charge < -0.3 is 24.8 Å². The molecular weight excluding hydrogens is 474 g/mol. The zero-order valence-corrected chi connectivity index (χ0v) is 20.1. The molecule has 3 N–H and O–H groups in total. The van der Waals surface area contributed by atoms with Crippen LogP contribution >= 0.6 is 11.6 Å². The first-order valence-electron chi connectivity index (χ1n) is 11.2. The van der Waals surface area contributed by atoms with Crippen LogP contribution in [-0.2, 0) is 26.1 Å². The third kappa shape index (κ3) is 5.02. The average Bonchev–Trinajstić information content (AvgIpc) is 3.62. The third-order valence-electron chi connectivity index (χ3n) is 5.98. The molecule has 1 aromatic carbocycles. The van der Waals surface area contributed by atoms with Crippen LogP contribution < -0.4 is 10.6 Å². The first-order chi connectivity index (χ1) is 17.0. The summed E-state index contributed by atoms with van der Waals surface area (Å²) in [6.45, 7) is 1.13. The monoisotopic (exact) mass is 499 g/mol. The van der Waals surface area contributed by atoms with E-state index in [1.165, 1.54) is 0 Å². The Morgan fingerprint density at radius 1 is 1.37 bits per heavy atom. The van der Waals surface area contributed by atoms with Gasteiger partial charge in [0.25, 0.3) is 5.91 Å². The molecule has 2 aromatic heterocycles. The van der Waals surface area contributed by atoms with Crippen molar-refractivity contribution in [3.05, 3.63) is 47.1 Å². The van der Waals surface area contributed by atoms with E-state index in [9.17, 15) is 4.79 Å². The number of hydrogen-bond acceptors (Lipinski definition) is 8. The summed E-state index contributed by atoms with van der Waals surface area (Å²) in [4.78, 5) is 16.8. The van der Waals surface area contributed by atoms with Gasteiger partial charge in [-0.3, -0.25) is 9.89 Å². The summed E-state index contributed by atoms with van der Waals surface area (Å²) >= 11 is 6.53. The van der Waals surface area contributed by atoms with Gasteiger partial charge in [0.2, 0.25) is 5.95 Å². The van der Waals surface area contributed by atoms with Crippen LogP contribution in [0, 0.1) is 0 Å². The number of ether oxygens (including phenoxy) is 3. The highest BCUT2D eigenvalue weighted by Gasteiger charge is 2.25. The number of nitrogens with zero attached hydrogens (tertiary/aromatic N) is 4. The molecule has 184 valence electrons. The molecule has 2 atom stereocenters. The fourth-order valence-electron chi connectivity index (χ4n) is 4.06. The maximum absolute atomic E-state index is 12.2. The maximum Gasteiger partial charge on any atom is 0.258 e. The number of benzene rings is 1. The van der Waals surface area contributed by atoms with Crippen LogP contribution in [-0.4, -0.2) is 69.9 Å². The lowest BCUT2D eigenvalue weighted by Crippen LogP contribution is -2.37. The molecule has 1 fully saturated rings. The number of nitrogens with one attached hydrogen (secondary N) is 3. The number of aryl methyl sites for hydroxylation is 1. The van der Waals surface area contributed by atoms with Crippen molar-refractivity contribution in [1.82, 2.24) is 30.3 Å². The second-order valence-corrected chi connectivity index (χ2v) is 8.75. The summed E-state index contributed by atoms with van der Waals surface area (Å²) in [7, 11) is 3.41. The Hall–Kier alpha value is -3.41. The minimum atomic E-state index is -0.351. The molecule has 3 aromatic rings. The number of halogens is 1. The molecule has 0 radical (unpaired) electrons. The molecule has 1 saturated heterocycles. The normalized spacial score (nSPS) is 20.0. The summed E-state index contributed by atoms with van der Waals surface area (Å²) in [5, 5.41) is 19.0. The van der Waals surface area contributed by atoms with Crippen LogP contribution in [0.15, 0.2) is 36.2 Å². The average molecular weight is 500 g/mol. The number of aromatic nitrogens is 5. The summed E-state index contributed by atoms with van der Waals surface area (Å²) in [5.74, 6) is 1.51. The second kappa shape index (κ2) is 10.1. The predicted octanol–water partition coefficient (Wildman–Crippen LogP) is 2.70. The predicted molar refractivity (Wildman–Crippen MR) is 130 cm³/mol. The quantitative estimate of drug-likeness (QED) is 0.431. The van der Waals surface area contributed by atoms with Gasteiger partial charge in [0.1, 0.15) is 11.9 Å². The minimum absolute atomic E-state index is 0.0469. The molecule has 35 heavy (non-hydrogen) atoms. The van der Waals surface area contributed by atoms with Crippen LogP contribution in [0.5, 0.6) is 0 Å². The number of carbonyl (C=O) groups excluding carboxylic acids is 1. The molecule has 0 spiro atoms. The molecule has 2 unspecified atom stereocenters. The number of rotatable bonds is 8. The largest absolute Gasteiger partial charge is 0.485 e. The minimum Gasteiger partial charge on any atom is -0.485 e. The highest BCUT2D eigenvalue weighted by molar-refractivity contribution is 6.38. The number of aromatic amines is 1. The Balaban J connectivity index is 1.27. The van der Waals surface area contributed by atoms with Gasteiger partial charge in [0.05, 0.1) is 35.1 Å². The molecular formula is C23H26ClN7O4. The summed E-state index contributed by atoms with van der Waals surface area (Å²) in [6, 6.07) is 3.81. The number of anilines is 2. The van der Waals surface area contributed by atoms with E-state index in [0.717, 1.165) is 22.9 Å². The maximum atomic E-state index is 12.2. The van der Waals surface area contributed by atoms with E-state index in [0.29, 0.717) is 47.9 Å². The van der Waals surface area contributed by atoms with Crippen molar-refractivity contribution in [3.8, 4) is 0 Å². The van der Waals surface area contributed by atoms with Gasteiger partial charge in [-0.25, -0.2) is 4.68 Å². The van der Waals surface area contributed by atoms with E-state index in [1.807, 2.05) is 18.2 Å². The van der Waals surface area contributed by atoms with E-state index in [2.05, 4.69) is 30.9 Å². The Morgan fingerprint density at radius 2 is 2.26 bits per heavy atom. The first-order valence-corrected chi connectivity index (χ1v) is 11.6. The number of carbonyl (C=O) groups is 1. The van der Waals surface area contributed by atoms with E-state index >= 15 is 0 Å². The Labute approximate surface area is 206 Å². The molecule has 1 aliphatic heterocycles. The summed E-state index contributed by atoms with van der Waals surface area (Å²) < 4.78 is 18.3. The molecule has 1 aliphatic carbocycles. The van der Waals surface area contributed by atoms with Crippen molar-refractivity contribution < 1.29 is 19.0 Å². The van der Waals surface area contributed by atoms with Crippen molar-refractivity contribution in [2.75, 3.05) is 32.2 Å². The fourth-order valence-corrected chi connectivity index (χ4v) is 4.32. The van der Waals surface area contributed by atoms with Crippen LogP contribution in [0.3, 0.4) is 0 Å². The van der Waals surface area contributed by atoms with E-state index in [1.54, 1.807) is 31.1 Å². The molecule has 2 aliphatic rings. The van der Waals surface area contributed by atoms with E-state index < -0.39 is 0 Å². The zero-order chi connectivity index (χ0) is 24.4. The lowest BCUT2D eigenvalue weighted by molar-refractivity contribution is -0.125. The fraction of sp³-hybridized carbons (Fsp3) is 0.391. The zero-order valence-electron chi connectivity index (χ0n) is 19.4. The highest BCUT2D eigenvalue weighted by atomic mass is 35.5. The van der Waals surface area contributed by atoms with Crippen molar-refractivity contribution >= 4 is 45.6 Å². The van der Waals surface area contributed by atoms with Crippen LogP contribution in [0.4, 0.5) is 11.6 Å². The third-order valence-corrected chi connectivity index (χ3v) is 6.38. The molecule has 5 rings (SSSR count). The van der Waals surface area contributed by atoms with E-state index in [-0.39, 0.29) is 24.7 Å². The van der Waals surface area contributed by atoms with Gasteiger partial charge in [-0.1, -0.05) is 17.7 Å². The van der Waals surface area contributed by atoms with Gasteiger partial charge in [-0.2, -0.15) is 10.1 Å². The molecule has 3 heterocycles. The molecule has 0 saturated carbocycles. The van der Waals surface area contributed by atoms with Crippen molar-refractivity contribution in [1.29, 1.82) is 0 Å². The van der Waals surface area contributed by atoms with Gasteiger partial charge in [0, 0.05) is 38.1 Å². The van der Waals surface area contributed by atoms with Crippen molar-refractivity contribution in [3.63, 3.8) is 0 Å². The number of amides is 1. The lowest BCUT2D eigenvalue weighted by Gasteiger charge is -2.23. The number of H-pyrrole nitrogens is 1. The SMILES string of the molecule is COC1CC(c2nc(Nc3ccc4[nH]ncc4c3Cl)n(C)n2)=CC=C1OCC(=O)NC1CCOC1. The number of methoxy groups -OCH3 is 1. The second-order valence-electron chi connectivity index (χ2n) is 8.37. The van der Waals surface area contributed by atoms with Gasteiger partial charge in [-0.05, 0) is 24.6 Å². The standard InChI is InChI=1S/C23H26ClN7O4/c1-31-23(27-17-5-4-16-15(21(17)24)10-25-29-16)28-22(30-31)13-3-6-18(19(9-13)33-2)35-12-20(32)26-14-7-8-34-11-14/h3-6,10,14,19H,7-9,11-12H2,1-2H3,(H,25,29)(H,26,32)(H,27,28,30). The van der Waals surface area contributed by atoms with Gasteiger partial charge in [0.15, 0.2) is 12.4 Å². The number of allylic oxidation sites excluding steroid dienone is 2. The lowest BCUT2D eigenvalue weighted by atomic mass is 10.0. The van der Waals surface area contributed by atoms with Crippen LogP contribution in [0.2, 0.25) is 5.02 Å². The smallest absolute Gasteiger partial charge is 0.258 e. The Morgan fingerprint density at radius 3 is 3.06 bits per heavy atom. The molecule has 0 bridgehead atoms. The van der Waals surface area contributed by atoms with Crippen LogP contribution in [0.1, 0.15) is 18.7 Å². The molecule has 12 heteroatoms. The van der Waals surface area contributed by atoms with Gasteiger partial charge >= 0.3 is 0 Å². The first kappa shape index (κ1) is 23.3. The Kier molecular flexibility index (Phi) is 6.71. The highest BCUT2D eigenvalue weighted by Crippen LogP contribution is 2.33. The van der Waals surface area contributed by atoms with E-state index in [4.69, 9.17) is 25.8 Å². The summed E-state index contributed by atoms with van der Waals surface area (Å²) in [6.07, 6.45) is 6.34. The topological polar surface area (TPSA) is 128 Å². The van der Waals surface area contributed by atoms with Crippen molar-refractivity contribution in [2.24, 2.45) is 7.05 Å².